The average molecular weight is 295 g/mol. The van der Waals surface area contributed by atoms with Crippen LogP contribution in [0.1, 0.15) is 30.9 Å². The highest BCUT2D eigenvalue weighted by atomic mass is 35.5. The molecule has 0 aliphatic carbocycles. The minimum atomic E-state index is 0.398. The molecular formula is C16H16Cl2O. The molecule has 0 saturated heterocycles. The van der Waals surface area contributed by atoms with E-state index in [1.165, 1.54) is 5.56 Å². The first kappa shape index (κ1) is 14.2. The van der Waals surface area contributed by atoms with Crippen molar-refractivity contribution >= 4 is 23.2 Å². The normalized spacial score (nSPS) is 10.8. The number of hydrogen-bond acceptors (Lipinski definition) is 1. The maximum Gasteiger partial charge on any atom is 0.133 e. The van der Waals surface area contributed by atoms with Crippen LogP contribution in [-0.4, -0.2) is 0 Å². The lowest BCUT2D eigenvalue weighted by molar-refractivity contribution is 0.469. The second kappa shape index (κ2) is 6.31. The minimum absolute atomic E-state index is 0.398. The molecule has 0 atom stereocenters. The molecule has 0 bridgehead atoms. The molecule has 2 rings (SSSR count). The molecule has 0 aliphatic rings. The third kappa shape index (κ3) is 3.43. The van der Waals surface area contributed by atoms with Crippen molar-refractivity contribution in [3.05, 3.63) is 58.6 Å². The Bertz CT molecular complexity index is 564. The molecule has 0 aromatic heterocycles. The van der Waals surface area contributed by atoms with Crippen LogP contribution < -0.4 is 4.74 Å². The second-order valence-corrected chi connectivity index (χ2v) is 5.38. The third-order valence-corrected chi connectivity index (χ3v) is 3.46. The van der Waals surface area contributed by atoms with Gasteiger partial charge in [-0.05, 0) is 29.7 Å². The zero-order chi connectivity index (χ0) is 13.8. The Morgan fingerprint density at radius 1 is 1.05 bits per heavy atom. The van der Waals surface area contributed by atoms with Gasteiger partial charge in [-0.3, -0.25) is 0 Å². The quantitative estimate of drug-likeness (QED) is 0.629. The summed E-state index contributed by atoms with van der Waals surface area (Å²) >= 11 is 11.9. The van der Waals surface area contributed by atoms with Gasteiger partial charge in [-0.2, -0.15) is 0 Å². The lowest BCUT2D eigenvalue weighted by atomic mass is 10.0. The number of para-hydroxylation sites is 1. The van der Waals surface area contributed by atoms with Gasteiger partial charge in [0.25, 0.3) is 0 Å². The van der Waals surface area contributed by atoms with E-state index in [0.717, 1.165) is 17.1 Å². The van der Waals surface area contributed by atoms with Crippen LogP contribution in [0.15, 0.2) is 42.5 Å². The standard InChI is InChI=1S/C16H16Cl2O/c1-11(2)14-5-3-4-6-15(14)19-16-9-13(18)8-7-12(16)10-17/h3-9,11H,10H2,1-2H3. The van der Waals surface area contributed by atoms with Crippen molar-refractivity contribution in [2.45, 2.75) is 25.6 Å². The summed E-state index contributed by atoms with van der Waals surface area (Å²) in [4.78, 5) is 0. The van der Waals surface area contributed by atoms with E-state index in [0.29, 0.717) is 16.8 Å². The smallest absolute Gasteiger partial charge is 0.133 e. The van der Waals surface area contributed by atoms with Gasteiger partial charge in [0, 0.05) is 10.6 Å². The Hall–Kier alpha value is -1.18. The zero-order valence-corrected chi connectivity index (χ0v) is 12.5. The Morgan fingerprint density at radius 3 is 2.47 bits per heavy atom. The van der Waals surface area contributed by atoms with Gasteiger partial charge in [0.05, 0.1) is 5.88 Å². The molecule has 0 radical (unpaired) electrons. The molecule has 0 fully saturated rings. The van der Waals surface area contributed by atoms with Crippen molar-refractivity contribution in [2.75, 3.05) is 0 Å². The Labute approximate surface area is 124 Å². The predicted molar refractivity (Wildman–Crippen MR) is 81.6 cm³/mol. The van der Waals surface area contributed by atoms with Gasteiger partial charge >= 0.3 is 0 Å². The Morgan fingerprint density at radius 2 is 1.79 bits per heavy atom. The summed E-state index contributed by atoms with van der Waals surface area (Å²) in [6.45, 7) is 4.28. The van der Waals surface area contributed by atoms with Crippen molar-refractivity contribution in [2.24, 2.45) is 0 Å². The van der Waals surface area contributed by atoms with Crippen LogP contribution in [0.3, 0.4) is 0 Å². The van der Waals surface area contributed by atoms with E-state index in [4.69, 9.17) is 27.9 Å². The Kier molecular flexibility index (Phi) is 4.73. The van der Waals surface area contributed by atoms with E-state index >= 15 is 0 Å². The molecule has 2 aromatic carbocycles. The molecule has 0 saturated carbocycles. The summed E-state index contributed by atoms with van der Waals surface area (Å²) in [5, 5.41) is 0.644. The minimum Gasteiger partial charge on any atom is -0.457 e. The van der Waals surface area contributed by atoms with Crippen LogP contribution in [0.4, 0.5) is 0 Å². The number of benzene rings is 2. The van der Waals surface area contributed by atoms with Gasteiger partial charge in [-0.25, -0.2) is 0 Å². The van der Waals surface area contributed by atoms with Gasteiger partial charge in [0.15, 0.2) is 0 Å². The second-order valence-electron chi connectivity index (χ2n) is 4.68. The molecule has 1 nitrogen and oxygen atoms in total. The highest BCUT2D eigenvalue weighted by Crippen LogP contribution is 2.33. The lowest BCUT2D eigenvalue weighted by Gasteiger charge is -2.15. The largest absolute Gasteiger partial charge is 0.457 e. The molecule has 100 valence electrons. The van der Waals surface area contributed by atoms with Gasteiger partial charge in [-0.1, -0.05) is 49.7 Å². The Balaban J connectivity index is 2.38. The maximum absolute atomic E-state index is 6.02. The fourth-order valence-electron chi connectivity index (χ4n) is 1.90. The van der Waals surface area contributed by atoms with Crippen molar-refractivity contribution in [3.63, 3.8) is 0 Å². The number of ether oxygens (including phenoxy) is 1. The van der Waals surface area contributed by atoms with Crippen LogP contribution in [-0.2, 0) is 5.88 Å². The molecule has 0 N–H and O–H groups in total. The molecule has 3 heteroatoms. The maximum atomic E-state index is 6.02. The van der Waals surface area contributed by atoms with Crippen LogP contribution in [0.2, 0.25) is 5.02 Å². The van der Waals surface area contributed by atoms with Crippen molar-refractivity contribution in [1.29, 1.82) is 0 Å². The van der Waals surface area contributed by atoms with E-state index in [2.05, 4.69) is 19.9 Å². The molecule has 0 aliphatic heterocycles. The van der Waals surface area contributed by atoms with E-state index in [-0.39, 0.29) is 0 Å². The molecule has 19 heavy (non-hydrogen) atoms. The molecule has 0 heterocycles. The first-order valence-corrected chi connectivity index (χ1v) is 7.14. The topological polar surface area (TPSA) is 9.23 Å². The van der Waals surface area contributed by atoms with E-state index in [1.54, 1.807) is 6.07 Å². The van der Waals surface area contributed by atoms with Crippen LogP contribution in [0.5, 0.6) is 11.5 Å². The van der Waals surface area contributed by atoms with Crippen molar-refractivity contribution in [3.8, 4) is 11.5 Å². The fourth-order valence-corrected chi connectivity index (χ4v) is 2.29. The summed E-state index contributed by atoms with van der Waals surface area (Å²) in [7, 11) is 0. The molecule has 0 unspecified atom stereocenters. The highest BCUT2D eigenvalue weighted by Gasteiger charge is 2.10. The first-order chi connectivity index (χ1) is 9.11. The summed E-state index contributed by atoms with van der Waals surface area (Å²) in [6.07, 6.45) is 0. The van der Waals surface area contributed by atoms with Crippen LogP contribution in [0.25, 0.3) is 0 Å². The number of halogens is 2. The molecule has 0 spiro atoms. The summed E-state index contributed by atoms with van der Waals surface area (Å²) < 4.78 is 6.00. The van der Waals surface area contributed by atoms with Gasteiger partial charge in [-0.15, -0.1) is 11.6 Å². The van der Waals surface area contributed by atoms with E-state index < -0.39 is 0 Å². The zero-order valence-electron chi connectivity index (χ0n) is 11.0. The van der Waals surface area contributed by atoms with Crippen LogP contribution >= 0.6 is 23.2 Å². The average Bonchev–Trinajstić information content (AvgIpc) is 2.39. The van der Waals surface area contributed by atoms with E-state index in [9.17, 15) is 0 Å². The third-order valence-electron chi connectivity index (χ3n) is 2.93. The summed E-state index contributed by atoms with van der Waals surface area (Å²) in [6, 6.07) is 13.5. The fraction of sp³-hybridized carbons (Fsp3) is 0.250. The van der Waals surface area contributed by atoms with Gasteiger partial charge in [0.1, 0.15) is 11.5 Å². The summed E-state index contributed by atoms with van der Waals surface area (Å²) in [5.41, 5.74) is 2.10. The molecular weight excluding hydrogens is 279 g/mol. The van der Waals surface area contributed by atoms with E-state index in [1.807, 2.05) is 30.3 Å². The molecule has 2 aromatic rings. The van der Waals surface area contributed by atoms with Gasteiger partial charge < -0.3 is 4.74 Å². The summed E-state index contributed by atoms with van der Waals surface area (Å²) in [5.74, 6) is 2.37. The van der Waals surface area contributed by atoms with Crippen molar-refractivity contribution < 1.29 is 4.74 Å². The first-order valence-electron chi connectivity index (χ1n) is 6.23. The van der Waals surface area contributed by atoms with Crippen LogP contribution in [0, 0.1) is 0 Å². The van der Waals surface area contributed by atoms with Gasteiger partial charge in [0.2, 0.25) is 0 Å². The predicted octanol–water partition coefficient (Wildman–Crippen LogP) is 5.99. The lowest BCUT2D eigenvalue weighted by Crippen LogP contribution is -1.95. The number of hydrogen-bond donors (Lipinski definition) is 0. The SMILES string of the molecule is CC(C)c1ccccc1Oc1cc(Cl)ccc1CCl. The van der Waals surface area contributed by atoms with Crippen molar-refractivity contribution in [1.82, 2.24) is 0 Å². The number of rotatable bonds is 4. The molecule has 0 amide bonds. The highest BCUT2D eigenvalue weighted by molar-refractivity contribution is 6.30. The monoisotopic (exact) mass is 294 g/mol. The number of alkyl halides is 1.